The van der Waals surface area contributed by atoms with Crippen LogP contribution in [0.25, 0.3) is 0 Å². The molecule has 2 unspecified atom stereocenters. The van der Waals surface area contributed by atoms with Crippen LogP contribution in [0.2, 0.25) is 5.02 Å². The maximum Gasteiger partial charge on any atom is 0.253 e. The number of halogens is 1. The average molecular weight is 325 g/mol. The van der Waals surface area contributed by atoms with Gasteiger partial charge >= 0.3 is 0 Å². The van der Waals surface area contributed by atoms with E-state index in [-0.39, 0.29) is 18.1 Å². The molecule has 1 aliphatic heterocycles. The summed E-state index contributed by atoms with van der Waals surface area (Å²) in [4.78, 5) is 16.7. The zero-order chi connectivity index (χ0) is 16.3. The van der Waals surface area contributed by atoms with Crippen molar-refractivity contribution in [3.05, 3.63) is 34.9 Å². The lowest BCUT2D eigenvalue weighted by atomic mass is 9.95. The Hall–Kier alpha value is -1.10. The predicted octanol–water partition coefficient (Wildman–Crippen LogP) is 2.50. The summed E-state index contributed by atoms with van der Waals surface area (Å²) in [6, 6.07) is 7.16. The van der Waals surface area contributed by atoms with E-state index in [0.29, 0.717) is 29.6 Å². The zero-order valence-corrected chi connectivity index (χ0v) is 14.3. The summed E-state index contributed by atoms with van der Waals surface area (Å²) in [6.45, 7) is 6.53. The van der Waals surface area contributed by atoms with Crippen molar-refractivity contribution in [3.63, 3.8) is 0 Å². The number of likely N-dealkylation sites (tertiary alicyclic amines) is 1. The molecule has 0 aromatic heterocycles. The highest BCUT2D eigenvalue weighted by Gasteiger charge is 2.32. The molecule has 0 spiro atoms. The molecule has 122 valence electrons. The number of amides is 1. The third kappa shape index (κ3) is 4.00. The van der Waals surface area contributed by atoms with Crippen LogP contribution in [0.1, 0.15) is 30.6 Å². The van der Waals surface area contributed by atoms with Gasteiger partial charge in [0.05, 0.1) is 6.10 Å². The minimum absolute atomic E-state index is 0.0167. The number of carbonyl (C=O) groups excluding carboxylic acids is 1. The molecule has 2 atom stereocenters. The van der Waals surface area contributed by atoms with E-state index < -0.39 is 0 Å². The van der Waals surface area contributed by atoms with Crippen molar-refractivity contribution in [2.24, 2.45) is 5.92 Å². The van der Waals surface area contributed by atoms with Crippen LogP contribution in [0.15, 0.2) is 24.3 Å². The van der Waals surface area contributed by atoms with E-state index in [0.717, 1.165) is 13.0 Å². The molecule has 1 saturated heterocycles. The number of nitrogens with zero attached hydrogens (tertiary/aromatic N) is 2. The number of hydrogen-bond donors (Lipinski definition) is 1. The van der Waals surface area contributed by atoms with Crippen molar-refractivity contribution in [3.8, 4) is 0 Å². The van der Waals surface area contributed by atoms with Gasteiger partial charge < -0.3 is 10.0 Å². The fourth-order valence-corrected chi connectivity index (χ4v) is 2.99. The Labute approximate surface area is 137 Å². The quantitative estimate of drug-likeness (QED) is 0.874. The lowest BCUT2D eigenvalue weighted by Crippen LogP contribution is -2.57. The van der Waals surface area contributed by atoms with E-state index in [1.54, 1.807) is 24.3 Å². The summed E-state index contributed by atoms with van der Waals surface area (Å²) in [5.41, 5.74) is 0.656. The van der Waals surface area contributed by atoms with Crippen LogP contribution in [0, 0.1) is 5.92 Å². The van der Waals surface area contributed by atoms with Gasteiger partial charge in [-0.05, 0) is 30.2 Å². The minimum Gasteiger partial charge on any atom is -0.390 e. The van der Waals surface area contributed by atoms with Crippen molar-refractivity contribution in [1.29, 1.82) is 0 Å². The van der Waals surface area contributed by atoms with Crippen LogP contribution in [0.5, 0.6) is 0 Å². The highest BCUT2D eigenvalue weighted by molar-refractivity contribution is 6.30. The molecule has 1 fully saturated rings. The monoisotopic (exact) mass is 324 g/mol. The third-order valence-electron chi connectivity index (χ3n) is 4.59. The van der Waals surface area contributed by atoms with Gasteiger partial charge in [0.2, 0.25) is 0 Å². The Balaban J connectivity index is 2.08. The number of hydrogen-bond acceptors (Lipinski definition) is 3. The summed E-state index contributed by atoms with van der Waals surface area (Å²) in [5, 5.41) is 10.1. The van der Waals surface area contributed by atoms with Gasteiger partial charge in [0.25, 0.3) is 5.91 Å². The summed E-state index contributed by atoms with van der Waals surface area (Å²) in [7, 11) is 1.87. The molecule has 4 nitrogen and oxygen atoms in total. The lowest BCUT2D eigenvalue weighted by molar-refractivity contribution is -0.0162. The van der Waals surface area contributed by atoms with E-state index in [4.69, 9.17) is 11.6 Å². The summed E-state index contributed by atoms with van der Waals surface area (Å²) in [6.07, 6.45) is 0.800. The largest absolute Gasteiger partial charge is 0.390 e. The number of benzene rings is 1. The highest BCUT2D eigenvalue weighted by atomic mass is 35.5. The van der Waals surface area contributed by atoms with Gasteiger partial charge in [0.15, 0.2) is 0 Å². The molecule has 1 aromatic carbocycles. The zero-order valence-electron chi connectivity index (χ0n) is 13.5. The van der Waals surface area contributed by atoms with Gasteiger partial charge in [-0.15, -0.1) is 0 Å². The van der Waals surface area contributed by atoms with Gasteiger partial charge in [0, 0.05) is 43.3 Å². The first kappa shape index (κ1) is 17.3. The Kier molecular flexibility index (Phi) is 5.84. The van der Waals surface area contributed by atoms with Crippen LogP contribution in [0.4, 0.5) is 0 Å². The molecule has 1 heterocycles. The van der Waals surface area contributed by atoms with Gasteiger partial charge in [-0.25, -0.2) is 0 Å². The maximum atomic E-state index is 12.7. The molecule has 1 aromatic rings. The van der Waals surface area contributed by atoms with Crippen molar-refractivity contribution in [2.75, 3.05) is 26.7 Å². The smallest absolute Gasteiger partial charge is 0.253 e. The van der Waals surface area contributed by atoms with Gasteiger partial charge in [0.1, 0.15) is 0 Å². The fourth-order valence-electron chi connectivity index (χ4n) is 2.86. The number of carbonyl (C=O) groups is 1. The number of likely N-dealkylation sites (N-methyl/N-ethyl adjacent to an activating group) is 1. The molecule has 1 aliphatic rings. The Bertz CT molecular complexity index is 500. The van der Waals surface area contributed by atoms with E-state index in [1.165, 1.54) is 0 Å². The van der Waals surface area contributed by atoms with Crippen LogP contribution in [-0.2, 0) is 0 Å². The Morgan fingerprint density at radius 2 is 2.00 bits per heavy atom. The normalized spacial score (nSPS) is 18.6. The molecule has 0 aliphatic carbocycles. The number of aliphatic hydroxyl groups excluding tert-OH is 1. The van der Waals surface area contributed by atoms with E-state index in [1.807, 2.05) is 11.9 Å². The second-order valence-electron chi connectivity index (χ2n) is 6.25. The number of aliphatic hydroxyl groups is 1. The molecular formula is C17H25ClN2O2. The van der Waals surface area contributed by atoms with Crippen LogP contribution in [-0.4, -0.2) is 59.6 Å². The SMILES string of the molecule is CCC(C)C(CN1CC(O)C1)N(C)C(=O)c1ccc(Cl)cc1. The standard InChI is InChI=1S/C17H25ClN2O2/c1-4-12(2)16(11-20-9-15(21)10-20)19(3)17(22)13-5-7-14(18)8-6-13/h5-8,12,15-16,21H,4,9-11H2,1-3H3. The molecule has 1 N–H and O–H groups in total. The average Bonchev–Trinajstić information content (AvgIpc) is 2.49. The topological polar surface area (TPSA) is 43.8 Å². The van der Waals surface area contributed by atoms with E-state index >= 15 is 0 Å². The van der Waals surface area contributed by atoms with E-state index in [2.05, 4.69) is 18.7 Å². The minimum atomic E-state index is -0.213. The summed E-state index contributed by atoms with van der Waals surface area (Å²) < 4.78 is 0. The van der Waals surface area contributed by atoms with Crippen LogP contribution in [0.3, 0.4) is 0 Å². The first-order valence-corrected chi connectivity index (χ1v) is 8.23. The highest BCUT2D eigenvalue weighted by Crippen LogP contribution is 2.20. The lowest BCUT2D eigenvalue weighted by Gasteiger charge is -2.42. The van der Waals surface area contributed by atoms with Crippen LogP contribution < -0.4 is 0 Å². The number of rotatable bonds is 6. The molecule has 0 bridgehead atoms. The molecule has 0 saturated carbocycles. The van der Waals surface area contributed by atoms with Gasteiger partial charge in [-0.3, -0.25) is 9.69 Å². The maximum absolute atomic E-state index is 12.7. The van der Waals surface area contributed by atoms with Crippen molar-refractivity contribution in [1.82, 2.24) is 9.80 Å². The Morgan fingerprint density at radius 1 is 1.41 bits per heavy atom. The molecule has 0 radical (unpaired) electrons. The molecule has 22 heavy (non-hydrogen) atoms. The second-order valence-corrected chi connectivity index (χ2v) is 6.68. The fraction of sp³-hybridized carbons (Fsp3) is 0.588. The van der Waals surface area contributed by atoms with Crippen molar-refractivity contribution < 1.29 is 9.90 Å². The van der Waals surface area contributed by atoms with Crippen molar-refractivity contribution >= 4 is 17.5 Å². The summed E-state index contributed by atoms with van der Waals surface area (Å²) in [5.74, 6) is 0.419. The summed E-state index contributed by atoms with van der Waals surface area (Å²) >= 11 is 5.89. The predicted molar refractivity (Wildman–Crippen MR) is 89.2 cm³/mol. The first-order valence-electron chi connectivity index (χ1n) is 7.85. The number of β-amino-alcohol motifs (C(OH)–C–C–N with tert-alkyl or cyclic N) is 1. The Morgan fingerprint density at radius 3 is 2.50 bits per heavy atom. The molecule has 5 heteroatoms. The molecule has 1 amide bonds. The van der Waals surface area contributed by atoms with Crippen molar-refractivity contribution in [2.45, 2.75) is 32.4 Å². The van der Waals surface area contributed by atoms with Gasteiger partial charge in [-0.2, -0.15) is 0 Å². The first-order chi connectivity index (χ1) is 10.4. The van der Waals surface area contributed by atoms with Gasteiger partial charge in [-0.1, -0.05) is 31.9 Å². The second kappa shape index (κ2) is 7.44. The van der Waals surface area contributed by atoms with E-state index in [9.17, 15) is 9.90 Å². The third-order valence-corrected chi connectivity index (χ3v) is 4.84. The molecule has 2 rings (SSSR count). The van der Waals surface area contributed by atoms with Crippen LogP contribution >= 0.6 is 11.6 Å². The molecular weight excluding hydrogens is 300 g/mol.